The van der Waals surface area contributed by atoms with E-state index < -0.39 is 0 Å². The first-order chi connectivity index (χ1) is 7.13. The summed E-state index contributed by atoms with van der Waals surface area (Å²) in [5.41, 5.74) is 1.09. The van der Waals surface area contributed by atoms with E-state index in [9.17, 15) is 0 Å². The minimum Gasteiger partial charge on any atom is -0.359 e. The highest BCUT2D eigenvalue weighted by atomic mass is 15.2. The number of hydrogen-bond donors (Lipinski definition) is 1. The molecular weight excluding hydrogens is 186 g/mol. The summed E-state index contributed by atoms with van der Waals surface area (Å²) in [5, 5.41) is 3.12. The first-order valence-electron chi connectivity index (χ1n) is 5.85. The summed E-state index contributed by atoms with van der Waals surface area (Å²) in [7, 11) is 1.92. The minimum absolute atomic E-state index is 0.818. The zero-order valence-electron chi connectivity index (χ0n) is 10.4. The molecule has 1 heterocycles. The van der Waals surface area contributed by atoms with Crippen LogP contribution in [0.4, 0.5) is 5.95 Å². The summed E-state index contributed by atoms with van der Waals surface area (Å²) in [6.45, 7) is 7.66. The molecule has 1 aromatic rings. The van der Waals surface area contributed by atoms with Crippen LogP contribution < -0.4 is 5.32 Å². The van der Waals surface area contributed by atoms with E-state index in [4.69, 9.17) is 0 Å². The SMILES string of the molecule is CNc1nc(C)cn1CCCCC(C)C. The molecule has 0 unspecified atom stereocenters. The van der Waals surface area contributed by atoms with Crippen molar-refractivity contribution in [3.8, 4) is 0 Å². The number of imidazole rings is 1. The molecule has 0 amide bonds. The molecule has 3 nitrogen and oxygen atoms in total. The number of rotatable bonds is 6. The summed E-state index contributed by atoms with van der Waals surface area (Å²) < 4.78 is 2.20. The molecule has 1 aromatic heterocycles. The second-order valence-electron chi connectivity index (χ2n) is 4.54. The molecule has 0 atom stereocenters. The molecule has 0 aliphatic rings. The average molecular weight is 209 g/mol. The van der Waals surface area contributed by atoms with Crippen LogP contribution in [0.1, 0.15) is 38.8 Å². The van der Waals surface area contributed by atoms with Gasteiger partial charge >= 0.3 is 0 Å². The number of nitrogens with zero attached hydrogens (tertiary/aromatic N) is 2. The molecule has 0 bridgehead atoms. The van der Waals surface area contributed by atoms with Crippen molar-refractivity contribution in [2.24, 2.45) is 5.92 Å². The Labute approximate surface area is 92.9 Å². The molecule has 1 rings (SSSR count). The van der Waals surface area contributed by atoms with Crippen molar-refractivity contribution in [2.75, 3.05) is 12.4 Å². The molecule has 0 saturated heterocycles. The molecule has 0 aromatic carbocycles. The van der Waals surface area contributed by atoms with Gasteiger partial charge in [-0.05, 0) is 19.3 Å². The summed E-state index contributed by atoms with van der Waals surface area (Å²) >= 11 is 0. The predicted molar refractivity (Wildman–Crippen MR) is 65.2 cm³/mol. The van der Waals surface area contributed by atoms with Crippen molar-refractivity contribution < 1.29 is 0 Å². The number of anilines is 1. The van der Waals surface area contributed by atoms with Gasteiger partial charge in [0, 0.05) is 19.8 Å². The molecule has 1 N–H and O–H groups in total. The van der Waals surface area contributed by atoms with Crippen LogP contribution in [-0.4, -0.2) is 16.6 Å². The third-order valence-corrected chi connectivity index (χ3v) is 2.55. The number of unbranched alkanes of at least 4 members (excludes halogenated alkanes) is 1. The van der Waals surface area contributed by atoms with Gasteiger partial charge in [-0.3, -0.25) is 0 Å². The lowest BCUT2D eigenvalue weighted by Crippen LogP contribution is -2.03. The molecular formula is C12H23N3. The van der Waals surface area contributed by atoms with E-state index in [0.717, 1.165) is 24.1 Å². The lowest BCUT2D eigenvalue weighted by Gasteiger charge is -2.07. The Bertz CT molecular complexity index is 289. The fraction of sp³-hybridized carbons (Fsp3) is 0.750. The van der Waals surface area contributed by atoms with Gasteiger partial charge in [-0.15, -0.1) is 0 Å². The Kier molecular flexibility index (Phi) is 4.66. The first kappa shape index (κ1) is 12.1. The van der Waals surface area contributed by atoms with Gasteiger partial charge in [0.15, 0.2) is 0 Å². The van der Waals surface area contributed by atoms with Crippen LogP contribution in [-0.2, 0) is 6.54 Å². The Morgan fingerprint density at radius 2 is 2.13 bits per heavy atom. The minimum atomic E-state index is 0.818. The highest BCUT2D eigenvalue weighted by Crippen LogP contribution is 2.11. The van der Waals surface area contributed by atoms with Crippen LogP contribution in [0, 0.1) is 12.8 Å². The van der Waals surface area contributed by atoms with Gasteiger partial charge in [0.1, 0.15) is 0 Å². The molecule has 86 valence electrons. The molecule has 0 aliphatic heterocycles. The van der Waals surface area contributed by atoms with E-state index in [-0.39, 0.29) is 0 Å². The van der Waals surface area contributed by atoms with Crippen molar-refractivity contribution in [2.45, 2.75) is 46.6 Å². The van der Waals surface area contributed by atoms with E-state index >= 15 is 0 Å². The van der Waals surface area contributed by atoms with Gasteiger partial charge in [0.05, 0.1) is 5.69 Å². The fourth-order valence-electron chi connectivity index (χ4n) is 1.75. The van der Waals surface area contributed by atoms with Gasteiger partial charge in [-0.1, -0.05) is 26.7 Å². The number of aryl methyl sites for hydroxylation is 2. The third-order valence-electron chi connectivity index (χ3n) is 2.55. The smallest absolute Gasteiger partial charge is 0.202 e. The first-order valence-corrected chi connectivity index (χ1v) is 5.85. The third kappa shape index (κ3) is 3.94. The topological polar surface area (TPSA) is 29.9 Å². The summed E-state index contributed by atoms with van der Waals surface area (Å²) in [6.07, 6.45) is 5.98. The van der Waals surface area contributed by atoms with Gasteiger partial charge < -0.3 is 9.88 Å². The van der Waals surface area contributed by atoms with Gasteiger partial charge in [0.2, 0.25) is 5.95 Å². The van der Waals surface area contributed by atoms with Crippen molar-refractivity contribution in [1.29, 1.82) is 0 Å². The van der Waals surface area contributed by atoms with Crippen LogP contribution in [0.5, 0.6) is 0 Å². The average Bonchev–Trinajstić information content (AvgIpc) is 2.53. The zero-order valence-corrected chi connectivity index (χ0v) is 10.4. The Morgan fingerprint density at radius 3 is 2.73 bits per heavy atom. The molecule has 0 aliphatic carbocycles. The summed E-state index contributed by atoms with van der Waals surface area (Å²) in [4.78, 5) is 4.39. The lowest BCUT2D eigenvalue weighted by atomic mass is 10.1. The van der Waals surface area contributed by atoms with Crippen molar-refractivity contribution in [3.63, 3.8) is 0 Å². The molecule has 15 heavy (non-hydrogen) atoms. The molecule has 0 radical (unpaired) electrons. The number of hydrogen-bond acceptors (Lipinski definition) is 2. The quantitative estimate of drug-likeness (QED) is 0.730. The van der Waals surface area contributed by atoms with Gasteiger partial charge in [0.25, 0.3) is 0 Å². The predicted octanol–water partition coefficient (Wildman–Crippen LogP) is 3.06. The highest BCUT2D eigenvalue weighted by Gasteiger charge is 2.02. The van der Waals surface area contributed by atoms with E-state index in [1.165, 1.54) is 19.3 Å². The van der Waals surface area contributed by atoms with Crippen LogP contribution in [0.2, 0.25) is 0 Å². The largest absolute Gasteiger partial charge is 0.359 e. The Morgan fingerprint density at radius 1 is 1.40 bits per heavy atom. The highest BCUT2D eigenvalue weighted by molar-refractivity contribution is 5.27. The molecule has 0 spiro atoms. The molecule has 0 saturated carbocycles. The molecule has 3 heteroatoms. The van der Waals surface area contributed by atoms with E-state index in [0.29, 0.717) is 0 Å². The number of nitrogens with one attached hydrogen (secondary N) is 1. The van der Waals surface area contributed by atoms with Gasteiger partial charge in [-0.2, -0.15) is 0 Å². The van der Waals surface area contributed by atoms with Crippen molar-refractivity contribution >= 4 is 5.95 Å². The summed E-state index contributed by atoms with van der Waals surface area (Å²) in [5.74, 6) is 1.80. The second-order valence-corrected chi connectivity index (χ2v) is 4.54. The maximum absolute atomic E-state index is 4.39. The van der Waals surface area contributed by atoms with Gasteiger partial charge in [-0.25, -0.2) is 4.98 Å². The normalized spacial score (nSPS) is 11.0. The maximum Gasteiger partial charge on any atom is 0.202 e. The Balaban J connectivity index is 2.36. The van der Waals surface area contributed by atoms with E-state index in [1.807, 2.05) is 14.0 Å². The Hall–Kier alpha value is -0.990. The van der Waals surface area contributed by atoms with E-state index in [2.05, 4.69) is 34.9 Å². The van der Waals surface area contributed by atoms with Crippen molar-refractivity contribution in [1.82, 2.24) is 9.55 Å². The second kappa shape index (κ2) is 5.79. The maximum atomic E-state index is 4.39. The van der Waals surface area contributed by atoms with Crippen molar-refractivity contribution in [3.05, 3.63) is 11.9 Å². The fourth-order valence-corrected chi connectivity index (χ4v) is 1.75. The van der Waals surface area contributed by atoms with Crippen LogP contribution >= 0.6 is 0 Å². The van der Waals surface area contributed by atoms with E-state index in [1.54, 1.807) is 0 Å². The lowest BCUT2D eigenvalue weighted by molar-refractivity contribution is 0.510. The zero-order chi connectivity index (χ0) is 11.3. The monoisotopic (exact) mass is 209 g/mol. The summed E-state index contributed by atoms with van der Waals surface area (Å²) in [6, 6.07) is 0. The van der Waals surface area contributed by atoms with Crippen LogP contribution in [0.25, 0.3) is 0 Å². The van der Waals surface area contributed by atoms with Crippen LogP contribution in [0.3, 0.4) is 0 Å². The molecule has 0 fully saturated rings. The van der Waals surface area contributed by atoms with Crippen LogP contribution in [0.15, 0.2) is 6.20 Å². The standard InChI is InChI=1S/C12H23N3/c1-10(2)7-5-6-8-15-9-11(3)14-12(15)13-4/h9-10H,5-8H2,1-4H3,(H,13,14). The number of aromatic nitrogens is 2.